The highest BCUT2D eigenvalue weighted by Crippen LogP contribution is 2.20. The van der Waals surface area contributed by atoms with Crippen LogP contribution >= 0.6 is 11.3 Å². The van der Waals surface area contributed by atoms with Crippen LogP contribution in [0.15, 0.2) is 47.1 Å². The van der Waals surface area contributed by atoms with Gasteiger partial charge in [-0.1, -0.05) is 0 Å². The second kappa shape index (κ2) is 7.84. The van der Waals surface area contributed by atoms with Gasteiger partial charge >= 0.3 is 0 Å². The van der Waals surface area contributed by atoms with Crippen LogP contribution in [0.25, 0.3) is 27.1 Å². The molecule has 0 saturated carbocycles. The van der Waals surface area contributed by atoms with Crippen molar-refractivity contribution in [2.75, 3.05) is 11.9 Å². The smallest absolute Gasteiger partial charge is 0.276 e. The fraction of sp³-hybridized carbons (Fsp3) is 0.150. The van der Waals surface area contributed by atoms with E-state index in [9.17, 15) is 13.6 Å². The van der Waals surface area contributed by atoms with Crippen LogP contribution in [0.3, 0.4) is 0 Å². The Bertz CT molecular complexity index is 1440. The lowest BCUT2D eigenvalue weighted by Crippen LogP contribution is -2.24. The Labute approximate surface area is 177 Å². The first-order valence-corrected chi connectivity index (χ1v) is 10.3. The largest absolute Gasteiger partial charge is 0.368 e. The van der Waals surface area contributed by atoms with Crippen molar-refractivity contribution in [3.63, 3.8) is 0 Å². The molecule has 0 aliphatic rings. The zero-order valence-corrected chi connectivity index (χ0v) is 16.8. The van der Waals surface area contributed by atoms with E-state index in [4.69, 9.17) is 0 Å². The maximum atomic E-state index is 13.8. The van der Waals surface area contributed by atoms with Crippen molar-refractivity contribution in [1.82, 2.24) is 29.5 Å². The van der Waals surface area contributed by atoms with Gasteiger partial charge in [0.2, 0.25) is 0 Å². The molecular weight excluding hydrogens is 424 g/mol. The predicted octanol–water partition coefficient (Wildman–Crippen LogP) is 3.44. The van der Waals surface area contributed by atoms with Crippen molar-refractivity contribution in [1.29, 1.82) is 0 Å². The Hall–Kier alpha value is -3.73. The van der Waals surface area contributed by atoms with Crippen LogP contribution in [0.5, 0.6) is 0 Å². The molecule has 0 amide bonds. The maximum absolute atomic E-state index is 13.8. The van der Waals surface area contributed by atoms with Gasteiger partial charge in [0.1, 0.15) is 34.0 Å². The topological polar surface area (TPSA) is 101 Å². The van der Waals surface area contributed by atoms with Crippen LogP contribution in [0.4, 0.5) is 14.6 Å². The molecule has 2 N–H and O–H groups in total. The first kappa shape index (κ1) is 19.2. The molecule has 8 nitrogen and oxygen atoms in total. The fourth-order valence-electron chi connectivity index (χ4n) is 3.41. The van der Waals surface area contributed by atoms with Gasteiger partial charge in [0.15, 0.2) is 11.5 Å². The summed E-state index contributed by atoms with van der Waals surface area (Å²) in [5.74, 6) is -0.466. The minimum atomic E-state index is -0.756. The van der Waals surface area contributed by atoms with Crippen molar-refractivity contribution in [3.8, 4) is 5.69 Å². The first-order valence-electron chi connectivity index (χ1n) is 9.44. The number of H-pyrrole nitrogens is 1. The molecule has 0 fully saturated rings. The highest BCUT2D eigenvalue weighted by atomic mass is 32.1. The van der Waals surface area contributed by atoms with E-state index in [2.05, 4.69) is 30.2 Å². The summed E-state index contributed by atoms with van der Waals surface area (Å²) < 4.78 is 29.4. The number of hydrogen-bond acceptors (Lipinski definition) is 7. The molecule has 0 unspecified atom stereocenters. The molecule has 5 aromatic rings. The van der Waals surface area contributed by atoms with E-state index in [-0.39, 0.29) is 11.2 Å². The maximum Gasteiger partial charge on any atom is 0.276 e. The number of nitrogens with one attached hydrogen (secondary N) is 2. The minimum absolute atomic E-state index is 0.114. The number of benzene rings is 1. The average Bonchev–Trinajstić information content (AvgIpc) is 3.40. The summed E-state index contributed by atoms with van der Waals surface area (Å²) in [7, 11) is 0. The molecule has 0 aliphatic carbocycles. The Balaban J connectivity index is 1.43. The van der Waals surface area contributed by atoms with Gasteiger partial charge in [-0.05, 0) is 30.0 Å². The van der Waals surface area contributed by atoms with E-state index in [1.54, 1.807) is 17.8 Å². The third-order valence-corrected chi connectivity index (χ3v) is 5.64. The number of aromatic nitrogens is 6. The Kier molecular flexibility index (Phi) is 4.86. The molecule has 4 heterocycles. The number of rotatable bonds is 6. The van der Waals surface area contributed by atoms with Crippen LogP contribution in [-0.2, 0) is 6.42 Å². The predicted molar refractivity (Wildman–Crippen MR) is 114 cm³/mol. The molecule has 0 spiro atoms. The zero-order chi connectivity index (χ0) is 21.4. The number of hydrogen-bond donors (Lipinski definition) is 2. The van der Waals surface area contributed by atoms with Crippen molar-refractivity contribution >= 4 is 38.5 Å². The highest BCUT2D eigenvalue weighted by Gasteiger charge is 2.15. The highest BCUT2D eigenvalue weighted by molar-refractivity contribution is 7.17. The molecule has 1 aromatic carbocycles. The lowest BCUT2D eigenvalue weighted by molar-refractivity contribution is 0.580. The number of nitrogens with zero attached hydrogens (tertiary/aromatic N) is 5. The van der Waals surface area contributed by atoms with Crippen LogP contribution in [0.1, 0.15) is 12.2 Å². The third kappa shape index (κ3) is 3.63. The van der Waals surface area contributed by atoms with Crippen LogP contribution < -0.4 is 10.9 Å². The van der Waals surface area contributed by atoms with E-state index in [1.165, 1.54) is 22.2 Å². The molecule has 0 atom stereocenters. The summed E-state index contributed by atoms with van der Waals surface area (Å²) in [4.78, 5) is 33.0. The number of anilines is 1. The summed E-state index contributed by atoms with van der Waals surface area (Å²) in [5, 5.41) is 4.98. The minimum Gasteiger partial charge on any atom is -0.368 e. The van der Waals surface area contributed by atoms with Gasteiger partial charge < -0.3 is 10.3 Å². The Morgan fingerprint density at radius 3 is 2.81 bits per heavy atom. The fourth-order valence-corrected chi connectivity index (χ4v) is 4.17. The normalized spacial score (nSPS) is 11.4. The van der Waals surface area contributed by atoms with E-state index < -0.39 is 11.6 Å². The van der Waals surface area contributed by atoms with Crippen molar-refractivity contribution in [3.05, 3.63) is 70.1 Å². The van der Waals surface area contributed by atoms with Gasteiger partial charge in [-0.15, -0.1) is 11.3 Å². The number of thiophene rings is 1. The molecule has 0 aliphatic heterocycles. The second-order valence-corrected chi connectivity index (χ2v) is 7.70. The monoisotopic (exact) mass is 439 g/mol. The molecule has 156 valence electrons. The van der Waals surface area contributed by atoms with Gasteiger partial charge in [0, 0.05) is 19.0 Å². The lowest BCUT2D eigenvalue weighted by Gasteiger charge is -2.13. The number of aromatic amines is 1. The molecule has 0 radical (unpaired) electrons. The summed E-state index contributed by atoms with van der Waals surface area (Å²) in [6.45, 7) is 0.528. The van der Waals surface area contributed by atoms with Crippen molar-refractivity contribution in [2.45, 2.75) is 12.8 Å². The number of halogens is 2. The molecule has 31 heavy (non-hydrogen) atoms. The standard InChI is InChI=1S/C20H15F2N7OS/c21-11-6-12(22)8-13(7-11)29-15(28-14-3-5-31-17(14)20(29)30)2-1-4-23-18-16-19(25-9-24-16)27-10-26-18/h3,5-10H,1-2,4H2,(H2,23,24,25,26,27). The summed E-state index contributed by atoms with van der Waals surface area (Å²) in [6.07, 6.45) is 3.97. The van der Waals surface area contributed by atoms with E-state index in [0.717, 1.165) is 18.2 Å². The van der Waals surface area contributed by atoms with E-state index >= 15 is 0 Å². The average molecular weight is 439 g/mol. The SMILES string of the molecule is O=c1c2sccc2nc(CCCNc2ncnc3nc[nH]c23)n1-c1cc(F)cc(F)c1. The van der Waals surface area contributed by atoms with Gasteiger partial charge in [-0.3, -0.25) is 9.36 Å². The van der Waals surface area contributed by atoms with Crippen LogP contribution in [0, 0.1) is 11.6 Å². The summed E-state index contributed by atoms with van der Waals surface area (Å²) in [5.41, 5.74) is 1.60. The van der Waals surface area contributed by atoms with Crippen LogP contribution in [0.2, 0.25) is 0 Å². The van der Waals surface area contributed by atoms with Gasteiger partial charge in [-0.25, -0.2) is 28.7 Å². The zero-order valence-electron chi connectivity index (χ0n) is 16.0. The second-order valence-electron chi connectivity index (χ2n) is 6.78. The van der Waals surface area contributed by atoms with Crippen molar-refractivity contribution < 1.29 is 8.78 Å². The summed E-state index contributed by atoms with van der Waals surface area (Å²) in [6, 6.07) is 4.79. The molecule has 4 aromatic heterocycles. The van der Waals surface area contributed by atoms with Gasteiger partial charge in [0.25, 0.3) is 5.56 Å². The molecule has 11 heteroatoms. The molecular formula is C20H15F2N7OS. The Morgan fingerprint density at radius 2 is 1.97 bits per heavy atom. The van der Waals surface area contributed by atoms with Crippen LogP contribution in [-0.4, -0.2) is 36.0 Å². The molecule has 0 saturated heterocycles. The lowest BCUT2D eigenvalue weighted by atomic mass is 10.2. The molecule has 0 bridgehead atoms. The first-order chi connectivity index (χ1) is 15.1. The third-order valence-electron chi connectivity index (χ3n) is 4.75. The van der Waals surface area contributed by atoms with Gasteiger partial charge in [-0.2, -0.15) is 0 Å². The van der Waals surface area contributed by atoms with Gasteiger partial charge in [0.05, 0.1) is 17.5 Å². The number of imidazole rings is 1. The quantitative estimate of drug-likeness (QED) is 0.393. The van der Waals surface area contributed by atoms with E-state index in [1.807, 2.05) is 0 Å². The van der Waals surface area contributed by atoms with Crippen molar-refractivity contribution in [2.24, 2.45) is 0 Å². The Morgan fingerprint density at radius 1 is 1.13 bits per heavy atom. The molecule has 5 rings (SSSR count). The summed E-state index contributed by atoms with van der Waals surface area (Å²) >= 11 is 1.25. The number of fused-ring (bicyclic) bond motifs is 2. The number of aryl methyl sites for hydroxylation is 1. The van der Waals surface area contributed by atoms with E-state index in [0.29, 0.717) is 52.4 Å².